The molecule has 0 aromatic carbocycles. The van der Waals surface area contributed by atoms with Gasteiger partial charge in [0.25, 0.3) is 0 Å². The van der Waals surface area contributed by atoms with Crippen LogP contribution in [0.2, 0.25) is 0 Å². The Hall–Kier alpha value is -0.0800. The summed E-state index contributed by atoms with van der Waals surface area (Å²) < 4.78 is 0. The van der Waals surface area contributed by atoms with Crippen LogP contribution in [0.25, 0.3) is 0 Å². The van der Waals surface area contributed by atoms with E-state index >= 15 is 0 Å². The molecule has 3 atom stereocenters. The third kappa shape index (κ3) is 4.21. The smallest absolute Gasteiger partial charge is 0.0124 e. The molecule has 0 aromatic heterocycles. The highest BCUT2D eigenvalue weighted by molar-refractivity contribution is 4.93. The predicted octanol–water partition coefficient (Wildman–Crippen LogP) is 4.06. The normalized spacial score (nSPS) is 31.1. The molecule has 2 heteroatoms. The van der Waals surface area contributed by atoms with Crippen molar-refractivity contribution >= 4 is 0 Å². The number of hydrogen-bond acceptors (Lipinski definition) is 2. The van der Waals surface area contributed by atoms with Gasteiger partial charge in [-0.15, -0.1) is 0 Å². The largest absolute Gasteiger partial charge is 0.311 e. The van der Waals surface area contributed by atoms with E-state index in [0.29, 0.717) is 5.41 Å². The second kappa shape index (κ2) is 6.36. The first-order valence-electron chi connectivity index (χ1n) is 8.82. The zero-order valence-electron chi connectivity index (χ0n) is 14.5. The minimum Gasteiger partial charge on any atom is -0.311 e. The number of nitrogens with zero attached hydrogens (tertiary/aromatic N) is 1. The van der Waals surface area contributed by atoms with Crippen LogP contribution >= 0.6 is 0 Å². The Morgan fingerprint density at radius 3 is 2.40 bits per heavy atom. The van der Waals surface area contributed by atoms with Crippen molar-refractivity contribution in [3.63, 3.8) is 0 Å². The molecule has 0 radical (unpaired) electrons. The van der Waals surface area contributed by atoms with E-state index in [1.54, 1.807) is 0 Å². The maximum absolute atomic E-state index is 3.73. The van der Waals surface area contributed by atoms with Gasteiger partial charge in [0.2, 0.25) is 0 Å². The van der Waals surface area contributed by atoms with Crippen LogP contribution < -0.4 is 5.32 Å². The summed E-state index contributed by atoms with van der Waals surface area (Å²) in [4.78, 5) is 2.83. The quantitative estimate of drug-likeness (QED) is 0.817. The number of likely N-dealkylation sites (tertiary alicyclic amines) is 1. The van der Waals surface area contributed by atoms with E-state index in [9.17, 15) is 0 Å². The number of nitrogens with one attached hydrogen (secondary N) is 1. The number of rotatable bonds is 5. The lowest BCUT2D eigenvalue weighted by Crippen LogP contribution is -2.49. The van der Waals surface area contributed by atoms with Crippen molar-refractivity contribution in [3.8, 4) is 0 Å². The summed E-state index contributed by atoms with van der Waals surface area (Å²) in [6.45, 7) is 15.4. The number of fused-ring (bicyclic) bond motifs is 1. The Morgan fingerprint density at radius 1 is 1.05 bits per heavy atom. The van der Waals surface area contributed by atoms with Gasteiger partial charge >= 0.3 is 0 Å². The van der Waals surface area contributed by atoms with Gasteiger partial charge in [0, 0.05) is 24.7 Å². The van der Waals surface area contributed by atoms with Crippen LogP contribution in [0.15, 0.2) is 0 Å². The molecule has 20 heavy (non-hydrogen) atoms. The zero-order valence-corrected chi connectivity index (χ0v) is 14.5. The standard InChI is InChI=1S/C18H36N2/c1-6-18(5,13-19-17(2,3)4)14-20-12-11-15-9-7-8-10-16(15)20/h15-16,19H,6-14H2,1-5H3. The third-order valence-corrected chi connectivity index (χ3v) is 5.61. The van der Waals surface area contributed by atoms with Crippen molar-refractivity contribution in [2.24, 2.45) is 11.3 Å². The molecule has 1 heterocycles. The number of hydrogen-bond donors (Lipinski definition) is 1. The fraction of sp³-hybridized carbons (Fsp3) is 1.00. The van der Waals surface area contributed by atoms with Gasteiger partial charge in [-0.1, -0.05) is 26.7 Å². The van der Waals surface area contributed by atoms with Gasteiger partial charge in [-0.2, -0.15) is 0 Å². The van der Waals surface area contributed by atoms with E-state index in [1.807, 2.05) is 0 Å². The fourth-order valence-corrected chi connectivity index (χ4v) is 3.96. The van der Waals surface area contributed by atoms with Crippen LogP contribution in [0.4, 0.5) is 0 Å². The summed E-state index contributed by atoms with van der Waals surface area (Å²) in [5, 5.41) is 3.73. The predicted molar refractivity (Wildman–Crippen MR) is 88.1 cm³/mol. The van der Waals surface area contributed by atoms with E-state index in [-0.39, 0.29) is 5.54 Å². The average molecular weight is 280 g/mol. The molecule has 0 amide bonds. The van der Waals surface area contributed by atoms with Gasteiger partial charge in [-0.25, -0.2) is 0 Å². The van der Waals surface area contributed by atoms with Gasteiger partial charge in [0.15, 0.2) is 0 Å². The molecule has 0 spiro atoms. The highest BCUT2D eigenvalue weighted by Gasteiger charge is 2.38. The first kappa shape index (κ1) is 16.3. The summed E-state index contributed by atoms with van der Waals surface area (Å²) in [5.41, 5.74) is 0.647. The molecule has 2 aliphatic rings. The van der Waals surface area contributed by atoms with Crippen LogP contribution in [-0.4, -0.2) is 36.1 Å². The topological polar surface area (TPSA) is 15.3 Å². The van der Waals surface area contributed by atoms with Gasteiger partial charge in [-0.05, 0) is 64.3 Å². The Balaban J connectivity index is 1.91. The van der Waals surface area contributed by atoms with E-state index in [1.165, 1.54) is 51.6 Å². The lowest BCUT2D eigenvalue weighted by atomic mass is 9.83. The Morgan fingerprint density at radius 2 is 1.75 bits per heavy atom. The summed E-state index contributed by atoms with van der Waals surface area (Å²) in [5.74, 6) is 1.01. The fourth-order valence-electron chi connectivity index (χ4n) is 3.96. The molecule has 1 saturated carbocycles. The van der Waals surface area contributed by atoms with Gasteiger partial charge < -0.3 is 5.32 Å². The molecule has 1 N–H and O–H groups in total. The molecule has 1 saturated heterocycles. The minimum absolute atomic E-state index is 0.231. The molecule has 2 rings (SSSR count). The summed E-state index contributed by atoms with van der Waals surface area (Å²) >= 11 is 0. The van der Waals surface area contributed by atoms with Crippen molar-refractivity contribution in [1.82, 2.24) is 10.2 Å². The van der Waals surface area contributed by atoms with Crippen LogP contribution in [0.5, 0.6) is 0 Å². The second-order valence-electron chi connectivity index (χ2n) is 8.64. The van der Waals surface area contributed by atoms with E-state index in [2.05, 4.69) is 44.8 Å². The van der Waals surface area contributed by atoms with Crippen LogP contribution in [0.1, 0.15) is 73.1 Å². The zero-order chi connectivity index (χ0) is 14.8. The van der Waals surface area contributed by atoms with Crippen molar-refractivity contribution in [2.75, 3.05) is 19.6 Å². The van der Waals surface area contributed by atoms with E-state index < -0.39 is 0 Å². The molecule has 1 aliphatic heterocycles. The third-order valence-electron chi connectivity index (χ3n) is 5.61. The van der Waals surface area contributed by atoms with Crippen LogP contribution in [0.3, 0.4) is 0 Å². The highest BCUT2D eigenvalue weighted by atomic mass is 15.2. The highest BCUT2D eigenvalue weighted by Crippen LogP contribution is 2.38. The summed E-state index contributed by atoms with van der Waals surface area (Å²) in [7, 11) is 0. The lowest BCUT2D eigenvalue weighted by Gasteiger charge is -2.40. The first-order valence-corrected chi connectivity index (χ1v) is 8.82. The molecule has 0 bridgehead atoms. The average Bonchev–Trinajstić information content (AvgIpc) is 2.79. The minimum atomic E-state index is 0.231. The molecular formula is C18H36N2. The molecular weight excluding hydrogens is 244 g/mol. The molecule has 2 fully saturated rings. The summed E-state index contributed by atoms with van der Waals surface area (Å²) in [6.07, 6.45) is 8.61. The van der Waals surface area contributed by atoms with Crippen LogP contribution in [0, 0.1) is 11.3 Å². The van der Waals surface area contributed by atoms with E-state index in [0.717, 1.165) is 18.5 Å². The molecule has 0 aromatic rings. The first-order chi connectivity index (χ1) is 9.33. The lowest BCUT2D eigenvalue weighted by molar-refractivity contribution is 0.109. The Labute approximate surface area is 126 Å². The molecule has 3 unspecified atom stereocenters. The summed E-state index contributed by atoms with van der Waals surface area (Å²) in [6, 6.07) is 0.907. The molecule has 2 nitrogen and oxygen atoms in total. The van der Waals surface area contributed by atoms with Gasteiger partial charge in [0.1, 0.15) is 0 Å². The monoisotopic (exact) mass is 280 g/mol. The second-order valence-corrected chi connectivity index (χ2v) is 8.64. The van der Waals surface area contributed by atoms with Crippen molar-refractivity contribution in [3.05, 3.63) is 0 Å². The van der Waals surface area contributed by atoms with Crippen molar-refractivity contribution in [2.45, 2.75) is 84.7 Å². The maximum Gasteiger partial charge on any atom is 0.0124 e. The SMILES string of the molecule is CCC(C)(CNC(C)(C)C)CN1CCC2CCCCC21. The molecule has 1 aliphatic carbocycles. The van der Waals surface area contributed by atoms with Crippen molar-refractivity contribution in [1.29, 1.82) is 0 Å². The van der Waals surface area contributed by atoms with Gasteiger partial charge in [0.05, 0.1) is 0 Å². The van der Waals surface area contributed by atoms with Gasteiger partial charge in [-0.3, -0.25) is 4.90 Å². The van der Waals surface area contributed by atoms with Crippen molar-refractivity contribution < 1.29 is 0 Å². The maximum atomic E-state index is 3.73. The Bertz CT molecular complexity index is 307. The molecule has 118 valence electrons. The Kier molecular flexibility index (Phi) is 5.18. The van der Waals surface area contributed by atoms with Crippen LogP contribution in [-0.2, 0) is 0 Å². The van der Waals surface area contributed by atoms with E-state index in [4.69, 9.17) is 0 Å².